The van der Waals surface area contributed by atoms with Gasteiger partial charge in [0.1, 0.15) is 0 Å². The van der Waals surface area contributed by atoms with Gasteiger partial charge in [0.2, 0.25) is 0 Å². The molecule has 0 fully saturated rings. The smallest absolute Gasteiger partial charge is 0.308 e. The minimum atomic E-state index is -0.449. The number of hydrogen-bond donors (Lipinski definition) is 0. The highest BCUT2D eigenvalue weighted by Crippen LogP contribution is 2.28. The van der Waals surface area contributed by atoms with E-state index >= 15 is 0 Å². The van der Waals surface area contributed by atoms with Crippen LogP contribution in [0, 0.1) is 0 Å². The van der Waals surface area contributed by atoms with E-state index in [2.05, 4.69) is 0 Å². The summed E-state index contributed by atoms with van der Waals surface area (Å²) in [4.78, 5) is 26.1. The molecule has 1 amide bonds. The van der Waals surface area contributed by atoms with E-state index in [1.165, 1.54) is 30.7 Å². The Bertz CT molecular complexity index is 774. The average Bonchev–Trinajstić information content (AvgIpc) is 2.61. The maximum Gasteiger partial charge on any atom is 0.308 e. The summed E-state index contributed by atoms with van der Waals surface area (Å²) in [5, 5.41) is 1.84. The first-order valence-electron chi connectivity index (χ1n) is 7.53. The van der Waals surface area contributed by atoms with E-state index in [9.17, 15) is 9.59 Å². The number of thioether (sulfide) groups is 1. The first kappa shape index (κ1) is 18.6. The summed E-state index contributed by atoms with van der Waals surface area (Å²) in [6, 6.07) is 14.6. The molecule has 0 atom stereocenters. The number of methoxy groups -OCH3 is 1. The van der Waals surface area contributed by atoms with Crippen molar-refractivity contribution in [2.24, 2.45) is 0 Å². The van der Waals surface area contributed by atoms with Crippen molar-refractivity contribution in [2.75, 3.05) is 14.2 Å². The standard InChI is InChI=1S/C19H19NO4S/c1-14(21)24-17-10-9-15(13-18(17)23-3)19(22)20(2)11-12-25-16-7-5-4-6-8-16/h4-13H,1-3H3/b12-11+. The maximum absolute atomic E-state index is 12.5. The summed E-state index contributed by atoms with van der Waals surface area (Å²) in [6.07, 6.45) is 1.70. The number of nitrogens with zero attached hydrogens (tertiary/aromatic N) is 1. The lowest BCUT2D eigenvalue weighted by Crippen LogP contribution is -2.20. The average molecular weight is 357 g/mol. The molecule has 2 rings (SSSR count). The summed E-state index contributed by atoms with van der Waals surface area (Å²) in [5.74, 6) is -0.0329. The van der Waals surface area contributed by atoms with Crippen LogP contribution in [0.15, 0.2) is 65.0 Å². The SMILES string of the molecule is COc1cc(C(=O)N(C)/C=C/Sc2ccccc2)ccc1OC(C)=O. The molecule has 0 aliphatic carbocycles. The Balaban J connectivity index is 2.07. The molecule has 0 saturated heterocycles. The van der Waals surface area contributed by atoms with Crippen molar-refractivity contribution in [2.45, 2.75) is 11.8 Å². The van der Waals surface area contributed by atoms with Gasteiger partial charge in [0, 0.05) is 30.6 Å². The third-order valence-corrected chi connectivity index (χ3v) is 4.02. The van der Waals surface area contributed by atoms with E-state index < -0.39 is 5.97 Å². The lowest BCUT2D eigenvalue weighted by Gasteiger charge is -2.14. The molecule has 5 nitrogen and oxygen atoms in total. The molecule has 2 aromatic rings. The lowest BCUT2D eigenvalue weighted by atomic mass is 10.2. The molecule has 0 bridgehead atoms. The molecule has 0 spiro atoms. The number of esters is 1. The third kappa shape index (κ3) is 5.39. The normalized spacial score (nSPS) is 10.5. The van der Waals surface area contributed by atoms with Gasteiger partial charge in [0.25, 0.3) is 5.91 Å². The van der Waals surface area contributed by atoms with Crippen LogP contribution in [0.25, 0.3) is 0 Å². The molecule has 0 aliphatic rings. The van der Waals surface area contributed by atoms with Crippen molar-refractivity contribution in [1.82, 2.24) is 4.90 Å². The molecule has 0 radical (unpaired) electrons. The summed E-state index contributed by atoms with van der Waals surface area (Å²) < 4.78 is 10.2. The van der Waals surface area contributed by atoms with Crippen LogP contribution in [0.4, 0.5) is 0 Å². The Hall–Kier alpha value is -2.73. The largest absolute Gasteiger partial charge is 0.493 e. The summed E-state index contributed by atoms with van der Waals surface area (Å²) >= 11 is 1.52. The van der Waals surface area contributed by atoms with Crippen molar-refractivity contribution in [3.05, 3.63) is 65.7 Å². The minimum absolute atomic E-state index is 0.197. The van der Waals surface area contributed by atoms with Gasteiger partial charge in [-0.25, -0.2) is 0 Å². The van der Waals surface area contributed by atoms with E-state index in [-0.39, 0.29) is 11.7 Å². The van der Waals surface area contributed by atoms with Gasteiger partial charge >= 0.3 is 5.97 Å². The predicted octanol–water partition coefficient (Wildman–Crippen LogP) is 3.96. The number of benzene rings is 2. The monoisotopic (exact) mass is 357 g/mol. The van der Waals surface area contributed by atoms with E-state index in [0.29, 0.717) is 11.3 Å². The molecule has 0 saturated carbocycles. The highest BCUT2D eigenvalue weighted by molar-refractivity contribution is 8.02. The van der Waals surface area contributed by atoms with Gasteiger partial charge in [-0.1, -0.05) is 30.0 Å². The topological polar surface area (TPSA) is 55.8 Å². The molecule has 0 aromatic heterocycles. The number of amides is 1. The molecule has 0 aliphatic heterocycles. The highest BCUT2D eigenvalue weighted by atomic mass is 32.2. The summed E-state index contributed by atoms with van der Waals surface area (Å²) in [5.41, 5.74) is 0.435. The molecule has 2 aromatic carbocycles. The van der Waals surface area contributed by atoms with E-state index in [1.807, 2.05) is 35.7 Å². The summed E-state index contributed by atoms with van der Waals surface area (Å²) in [7, 11) is 3.13. The first-order valence-corrected chi connectivity index (χ1v) is 8.41. The van der Waals surface area contributed by atoms with Gasteiger partial charge in [0.15, 0.2) is 11.5 Å². The number of carbonyl (C=O) groups excluding carboxylic acids is 2. The van der Waals surface area contributed by atoms with Crippen LogP contribution in [0.2, 0.25) is 0 Å². The Morgan fingerprint density at radius 2 is 1.80 bits per heavy atom. The first-order chi connectivity index (χ1) is 12.0. The minimum Gasteiger partial charge on any atom is -0.493 e. The van der Waals surface area contributed by atoms with Crippen molar-refractivity contribution in [3.63, 3.8) is 0 Å². The van der Waals surface area contributed by atoms with Gasteiger partial charge in [-0.15, -0.1) is 0 Å². The van der Waals surface area contributed by atoms with Gasteiger partial charge < -0.3 is 14.4 Å². The Kier molecular flexibility index (Phi) is 6.65. The molecule has 0 unspecified atom stereocenters. The molecule has 130 valence electrons. The van der Waals surface area contributed by atoms with Gasteiger partial charge in [-0.3, -0.25) is 9.59 Å². The van der Waals surface area contributed by atoms with Crippen molar-refractivity contribution in [3.8, 4) is 11.5 Å². The van der Waals surface area contributed by atoms with Crippen LogP contribution >= 0.6 is 11.8 Å². The van der Waals surface area contributed by atoms with Crippen LogP contribution in [0.1, 0.15) is 17.3 Å². The number of hydrogen-bond acceptors (Lipinski definition) is 5. The van der Waals surface area contributed by atoms with Gasteiger partial charge in [-0.2, -0.15) is 0 Å². The van der Waals surface area contributed by atoms with Crippen LogP contribution in [0.3, 0.4) is 0 Å². The second-order valence-corrected chi connectivity index (χ2v) is 6.07. The fourth-order valence-electron chi connectivity index (χ4n) is 2.01. The molecule has 0 heterocycles. The number of rotatable bonds is 6. The van der Waals surface area contributed by atoms with Crippen molar-refractivity contribution >= 4 is 23.6 Å². The number of carbonyl (C=O) groups is 2. The Labute approximate surface area is 151 Å². The van der Waals surface area contributed by atoms with E-state index in [0.717, 1.165) is 4.90 Å². The van der Waals surface area contributed by atoms with E-state index in [1.54, 1.807) is 31.4 Å². The van der Waals surface area contributed by atoms with Gasteiger partial charge in [0.05, 0.1) is 7.11 Å². The van der Waals surface area contributed by atoms with E-state index in [4.69, 9.17) is 9.47 Å². The second kappa shape index (κ2) is 8.94. The molecule has 0 N–H and O–H groups in total. The molecular formula is C19H19NO4S. The van der Waals surface area contributed by atoms with Gasteiger partial charge in [-0.05, 0) is 35.7 Å². The zero-order valence-electron chi connectivity index (χ0n) is 14.3. The third-order valence-electron chi connectivity index (χ3n) is 3.22. The fraction of sp³-hybridized carbons (Fsp3) is 0.158. The van der Waals surface area contributed by atoms with Crippen molar-refractivity contribution < 1.29 is 19.1 Å². The Morgan fingerprint density at radius 3 is 2.44 bits per heavy atom. The summed E-state index contributed by atoms with van der Waals surface area (Å²) in [6.45, 7) is 1.31. The lowest BCUT2D eigenvalue weighted by molar-refractivity contribution is -0.132. The van der Waals surface area contributed by atoms with Crippen LogP contribution in [-0.4, -0.2) is 30.9 Å². The van der Waals surface area contributed by atoms with Crippen LogP contribution < -0.4 is 9.47 Å². The van der Waals surface area contributed by atoms with Crippen molar-refractivity contribution in [1.29, 1.82) is 0 Å². The molecule has 25 heavy (non-hydrogen) atoms. The van der Waals surface area contributed by atoms with Crippen LogP contribution in [0.5, 0.6) is 11.5 Å². The predicted molar refractivity (Wildman–Crippen MR) is 97.8 cm³/mol. The maximum atomic E-state index is 12.5. The zero-order chi connectivity index (χ0) is 18.2. The zero-order valence-corrected chi connectivity index (χ0v) is 15.1. The Morgan fingerprint density at radius 1 is 1.08 bits per heavy atom. The fourth-order valence-corrected chi connectivity index (χ4v) is 2.73. The second-order valence-electron chi connectivity index (χ2n) is 5.09. The number of ether oxygens (including phenoxy) is 2. The molecule has 6 heteroatoms. The van der Waals surface area contributed by atoms with Crippen LogP contribution in [-0.2, 0) is 4.79 Å². The quantitative estimate of drug-likeness (QED) is 0.445. The highest BCUT2D eigenvalue weighted by Gasteiger charge is 2.14. The molecular weight excluding hydrogens is 338 g/mol.